The van der Waals surface area contributed by atoms with E-state index in [-0.39, 0.29) is 22.3 Å². The van der Waals surface area contributed by atoms with E-state index >= 15 is 0 Å². The first-order valence-corrected chi connectivity index (χ1v) is 8.73. The number of hydrogen-bond donors (Lipinski definition) is 0. The quantitative estimate of drug-likeness (QED) is 0.517. The molecule has 0 N–H and O–H groups in total. The predicted octanol–water partition coefficient (Wildman–Crippen LogP) is 3.97. The summed E-state index contributed by atoms with van der Waals surface area (Å²) in [5.74, 6) is 0.133. The molecule has 4 rings (SSSR count). The van der Waals surface area contributed by atoms with Gasteiger partial charge in [-0.1, -0.05) is 44.2 Å². The van der Waals surface area contributed by atoms with Crippen LogP contribution in [0, 0.1) is 0 Å². The fourth-order valence-electron chi connectivity index (χ4n) is 3.58. The highest BCUT2D eigenvalue weighted by atomic mass is 16.1. The van der Waals surface area contributed by atoms with Gasteiger partial charge < -0.3 is 4.57 Å². The molecular weight excluding hydrogens is 324 g/mol. The van der Waals surface area contributed by atoms with Crippen LogP contribution in [0.2, 0.25) is 0 Å². The van der Waals surface area contributed by atoms with Crippen LogP contribution in [0.15, 0.2) is 70.3 Å². The molecule has 0 aliphatic carbocycles. The van der Waals surface area contributed by atoms with Gasteiger partial charge in [-0.3, -0.25) is 14.2 Å². The van der Waals surface area contributed by atoms with Crippen molar-refractivity contribution >= 4 is 21.8 Å². The van der Waals surface area contributed by atoms with Crippen LogP contribution in [0.1, 0.15) is 25.5 Å². The van der Waals surface area contributed by atoms with Crippen LogP contribution in [0.4, 0.5) is 0 Å². The second kappa shape index (κ2) is 5.99. The van der Waals surface area contributed by atoms with Gasteiger partial charge in [0.1, 0.15) is 5.39 Å². The van der Waals surface area contributed by atoms with Gasteiger partial charge in [0, 0.05) is 23.8 Å². The van der Waals surface area contributed by atoms with E-state index in [1.807, 2.05) is 66.2 Å². The second-order valence-electron chi connectivity index (χ2n) is 6.87. The molecule has 4 aromatic rings. The van der Waals surface area contributed by atoms with E-state index in [4.69, 9.17) is 0 Å². The van der Waals surface area contributed by atoms with Gasteiger partial charge in [0.2, 0.25) is 5.43 Å². The lowest BCUT2D eigenvalue weighted by atomic mass is 10.0. The third-order valence-corrected chi connectivity index (χ3v) is 4.92. The van der Waals surface area contributed by atoms with Gasteiger partial charge in [0.25, 0.3) is 5.56 Å². The number of benzene rings is 2. The number of para-hydroxylation sites is 2. The minimum atomic E-state index is -0.260. The summed E-state index contributed by atoms with van der Waals surface area (Å²) in [6, 6.07) is 18.9. The van der Waals surface area contributed by atoms with Crippen LogP contribution in [0.25, 0.3) is 27.5 Å². The van der Waals surface area contributed by atoms with Crippen molar-refractivity contribution in [1.29, 1.82) is 0 Å². The normalized spacial score (nSPS) is 11.5. The summed E-state index contributed by atoms with van der Waals surface area (Å²) in [5, 5.41) is 0.802. The maximum atomic E-state index is 13.4. The summed E-state index contributed by atoms with van der Waals surface area (Å²) in [5.41, 5.74) is 2.70. The number of aryl methyl sites for hydroxylation is 1. The van der Waals surface area contributed by atoms with Crippen molar-refractivity contribution in [2.75, 3.05) is 0 Å². The van der Waals surface area contributed by atoms with Gasteiger partial charge in [-0.25, -0.2) is 0 Å². The molecule has 0 saturated heterocycles. The Morgan fingerprint density at radius 3 is 2.19 bits per heavy atom. The highest BCUT2D eigenvalue weighted by molar-refractivity contribution is 5.93. The zero-order valence-corrected chi connectivity index (χ0v) is 15.1. The molecule has 0 atom stereocenters. The molecule has 0 amide bonds. The number of pyridine rings is 2. The molecule has 0 aliphatic rings. The van der Waals surface area contributed by atoms with E-state index in [0.717, 1.165) is 16.9 Å². The Hall–Kier alpha value is -3.14. The van der Waals surface area contributed by atoms with Gasteiger partial charge in [0.05, 0.1) is 11.0 Å². The Kier molecular flexibility index (Phi) is 3.76. The predicted molar refractivity (Wildman–Crippen MR) is 106 cm³/mol. The maximum Gasteiger partial charge on any atom is 0.268 e. The number of rotatable bonds is 2. The van der Waals surface area contributed by atoms with Crippen molar-refractivity contribution in [2.24, 2.45) is 7.05 Å². The summed E-state index contributed by atoms with van der Waals surface area (Å²) >= 11 is 0. The standard InChI is InChI=1S/C22H20N2O2/c1-14(2)18-13-19-20(22(26)24(18)15-9-5-4-6-10-15)21(25)16-11-7-8-12-17(16)23(19)3/h4-14H,1-3H3. The molecule has 0 unspecified atom stereocenters. The monoisotopic (exact) mass is 344 g/mol. The molecule has 2 heterocycles. The third-order valence-electron chi connectivity index (χ3n) is 4.92. The summed E-state index contributed by atoms with van der Waals surface area (Å²) in [7, 11) is 1.90. The largest absolute Gasteiger partial charge is 0.343 e. The van der Waals surface area contributed by atoms with Gasteiger partial charge in [0.15, 0.2) is 0 Å². The molecule has 2 aromatic carbocycles. The molecule has 4 nitrogen and oxygen atoms in total. The zero-order valence-electron chi connectivity index (χ0n) is 15.1. The molecular formula is C22H20N2O2. The number of hydrogen-bond acceptors (Lipinski definition) is 2. The summed E-state index contributed by atoms with van der Waals surface area (Å²) in [6.45, 7) is 4.11. The van der Waals surface area contributed by atoms with Crippen molar-refractivity contribution < 1.29 is 0 Å². The molecule has 26 heavy (non-hydrogen) atoms. The van der Waals surface area contributed by atoms with Crippen LogP contribution in [0.5, 0.6) is 0 Å². The van der Waals surface area contributed by atoms with Crippen LogP contribution in [0.3, 0.4) is 0 Å². The van der Waals surface area contributed by atoms with Crippen LogP contribution >= 0.6 is 0 Å². The Bertz CT molecular complexity index is 1250. The molecule has 2 aromatic heterocycles. The summed E-state index contributed by atoms with van der Waals surface area (Å²) < 4.78 is 3.61. The highest BCUT2D eigenvalue weighted by Crippen LogP contribution is 2.23. The number of fused-ring (bicyclic) bond motifs is 2. The Labute approximate surface area is 150 Å². The van der Waals surface area contributed by atoms with Crippen LogP contribution in [-0.4, -0.2) is 9.13 Å². The molecule has 0 saturated carbocycles. The van der Waals surface area contributed by atoms with Crippen molar-refractivity contribution in [2.45, 2.75) is 19.8 Å². The van der Waals surface area contributed by atoms with Crippen molar-refractivity contribution in [3.63, 3.8) is 0 Å². The van der Waals surface area contributed by atoms with Crippen LogP contribution < -0.4 is 11.0 Å². The molecule has 0 radical (unpaired) electrons. The van der Waals surface area contributed by atoms with Crippen LogP contribution in [-0.2, 0) is 7.05 Å². The lowest BCUT2D eigenvalue weighted by molar-refractivity contribution is 0.762. The first kappa shape index (κ1) is 16.3. The summed E-state index contributed by atoms with van der Waals surface area (Å²) in [4.78, 5) is 26.5. The fourth-order valence-corrected chi connectivity index (χ4v) is 3.58. The SMILES string of the molecule is CC(C)c1cc2c(c(=O)c3ccccc3n2C)c(=O)n1-c1ccccc1. The summed E-state index contributed by atoms with van der Waals surface area (Å²) in [6.07, 6.45) is 0. The molecule has 4 heteroatoms. The number of aromatic nitrogens is 2. The van der Waals surface area contributed by atoms with Crippen molar-refractivity contribution in [3.05, 3.63) is 86.9 Å². The topological polar surface area (TPSA) is 44.0 Å². The minimum absolute atomic E-state index is 0.133. The average molecular weight is 344 g/mol. The molecule has 0 bridgehead atoms. The van der Waals surface area contributed by atoms with E-state index in [1.165, 1.54) is 0 Å². The zero-order chi connectivity index (χ0) is 18.4. The van der Waals surface area contributed by atoms with E-state index in [9.17, 15) is 9.59 Å². The van der Waals surface area contributed by atoms with E-state index in [0.29, 0.717) is 10.9 Å². The minimum Gasteiger partial charge on any atom is -0.343 e. The Morgan fingerprint density at radius 2 is 1.50 bits per heavy atom. The fraction of sp³-hybridized carbons (Fsp3) is 0.182. The van der Waals surface area contributed by atoms with E-state index in [1.54, 1.807) is 10.6 Å². The Morgan fingerprint density at radius 1 is 0.846 bits per heavy atom. The first-order valence-electron chi connectivity index (χ1n) is 8.73. The van der Waals surface area contributed by atoms with Crippen molar-refractivity contribution in [3.8, 4) is 5.69 Å². The average Bonchev–Trinajstić information content (AvgIpc) is 2.66. The smallest absolute Gasteiger partial charge is 0.268 e. The third kappa shape index (κ3) is 2.30. The highest BCUT2D eigenvalue weighted by Gasteiger charge is 2.18. The van der Waals surface area contributed by atoms with Gasteiger partial charge in [-0.05, 0) is 36.2 Å². The van der Waals surface area contributed by atoms with Gasteiger partial charge in [-0.15, -0.1) is 0 Å². The first-order chi connectivity index (χ1) is 12.5. The van der Waals surface area contributed by atoms with E-state index < -0.39 is 0 Å². The van der Waals surface area contributed by atoms with Gasteiger partial charge in [-0.2, -0.15) is 0 Å². The van der Waals surface area contributed by atoms with Crippen molar-refractivity contribution in [1.82, 2.24) is 9.13 Å². The second-order valence-corrected chi connectivity index (χ2v) is 6.87. The number of nitrogens with zero attached hydrogens (tertiary/aromatic N) is 2. The van der Waals surface area contributed by atoms with Gasteiger partial charge >= 0.3 is 0 Å². The lowest BCUT2D eigenvalue weighted by Gasteiger charge is -2.19. The lowest BCUT2D eigenvalue weighted by Crippen LogP contribution is -2.28. The molecule has 130 valence electrons. The Balaban J connectivity index is 2.27. The molecule has 0 fully saturated rings. The maximum absolute atomic E-state index is 13.4. The molecule has 0 spiro atoms. The van der Waals surface area contributed by atoms with E-state index in [2.05, 4.69) is 13.8 Å². The molecule has 0 aliphatic heterocycles.